The normalized spacial score (nSPS) is 12.6. The Labute approximate surface area is 185 Å². The average molecular weight is 448 g/mol. The molecule has 1 atom stereocenters. The quantitative estimate of drug-likeness (QED) is 0.574. The van der Waals surface area contributed by atoms with Crippen LogP contribution in [-0.2, 0) is 16.1 Å². The Morgan fingerprint density at radius 3 is 2.50 bits per heavy atom. The largest absolute Gasteiger partial charge is 0.467 e. The highest BCUT2D eigenvalue weighted by Crippen LogP contribution is 2.26. The number of ether oxygens (including phenoxy) is 1. The third kappa shape index (κ3) is 4.60. The number of halogens is 2. The van der Waals surface area contributed by atoms with Gasteiger partial charge in [0.25, 0.3) is 5.91 Å². The van der Waals surface area contributed by atoms with Gasteiger partial charge in [0.05, 0.1) is 19.2 Å². The maximum Gasteiger partial charge on any atom is 0.328 e. The fourth-order valence-corrected chi connectivity index (χ4v) is 3.64. The van der Waals surface area contributed by atoms with Crippen LogP contribution in [-0.4, -0.2) is 34.8 Å². The lowest BCUT2D eigenvalue weighted by atomic mass is 9.86. The van der Waals surface area contributed by atoms with Crippen LogP contribution in [0.3, 0.4) is 0 Å². The molecular weight excluding hydrogens is 425 g/mol. The third-order valence-corrected chi connectivity index (χ3v) is 5.37. The number of carbonyl (C=O) groups is 2. The van der Waals surface area contributed by atoms with E-state index in [2.05, 4.69) is 10.4 Å². The molecule has 0 spiro atoms. The molecule has 1 aromatic heterocycles. The van der Waals surface area contributed by atoms with Crippen LogP contribution in [0, 0.1) is 5.41 Å². The molecule has 6 nitrogen and oxygen atoms in total. The zero-order chi connectivity index (χ0) is 22.1. The van der Waals surface area contributed by atoms with Gasteiger partial charge in [-0.25, -0.2) is 4.79 Å². The van der Waals surface area contributed by atoms with Crippen molar-refractivity contribution in [2.75, 3.05) is 7.11 Å². The second kappa shape index (κ2) is 8.66. The van der Waals surface area contributed by atoms with Gasteiger partial charge in [-0.1, -0.05) is 68.2 Å². The van der Waals surface area contributed by atoms with Crippen LogP contribution < -0.4 is 5.32 Å². The molecule has 1 N–H and O–H groups in total. The SMILES string of the molecule is COC(=O)[C@@H](NC(=O)c1nn(Cc2ccc(Cl)cc2Cl)c2ccccc12)C(C)(C)C. The van der Waals surface area contributed by atoms with Gasteiger partial charge < -0.3 is 10.1 Å². The summed E-state index contributed by atoms with van der Waals surface area (Å²) < 4.78 is 6.58. The highest BCUT2D eigenvalue weighted by Gasteiger charge is 2.34. The number of nitrogens with zero attached hydrogens (tertiary/aromatic N) is 2. The van der Waals surface area contributed by atoms with Crippen molar-refractivity contribution in [3.63, 3.8) is 0 Å². The molecule has 0 aliphatic carbocycles. The van der Waals surface area contributed by atoms with Gasteiger partial charge in [-0.2, -0.15) is 5.10 Å². The van der Waals surface area contributed by atoms with E-state index in [9.17, 15) is 9.59 Å². The molecule has 30 heavy (non-hydrogen) atoms. The smallest absolute Gasteiger partial charge is 0.328 e. The molecule has 0 saturated carbocycles. The first-order chi connectivity index (χ1) is 14.1. The predicted octanol–water partition coefficient (Wildman–Crippen LogP) is 4.71. The summed E-state index contributed by atoms with van der Waals surface area (Å²) in [4.78, 5) is 25.3. The van der Waals surface area contributed by atoms with Crippen LogP contribution in [0.1, 0.15) is 36.8 Å². The topological polar surface area (TPSA) is 73.2 Å². The minimum atomic E-state index is -0.815. The van der Waals surface area contributed by atoms with Gasteiger partial charge in [-0.05, 0) is 29.2 Å². The molecule has 0 fully saturated rings. The summed E-state index contributed by atoms with van der Waals surface area (Å²) in [5.74, 6) is -0.954. The lowest BCUT2D eigenvalue weighted by Crippen LogP contribution is -2.49. The van der Waals surface area contributed by atoms with Gasteiger partial charge in [0.2, 0.25) is 0 Å². The summed E-state index contributed by atoms with van der Waals surface area (Å²) in [6.45, 7) is 5.93. The summed E-state index contributed by atoms with van der Waals surface area (Å²) >= 11 is 12.3. The van der Waals surface area contributed by atoms with Crippen LogP contribution in [0.15, 0.2) is 42.5 Å². The number of hydrogen-bond donors (Lipinski definition) is 1. The summed E-state index contributed by atoms with van der Waals surface area (Å²) in [7, 11) is 1.30. The molecular formula is C22H23Cl2N3O3. The zero-order valence-electron chi connectivity index (χ0n) is 17.2. The molecule has 1 amide bonds. The minimum Gasteiger partial charge on any atom is -0.467 e. The Morgan fingerprint density at radius 1 is 1.17 bits per heavy atom. The van der Waals surface area contributed by atoms with Crippen LogP contribution in [0.5, 0.6) is 0 Å². The number of esters is 1. The van der Waals surface area contributed by atoms with Gasteiger partial charge in [-0.15, -0.1) is 0 Å². The van der Waals surface area contributed by atoms with Gasteiger partial charge >= 0.3 is 5.97 Å². The highest BCUT2D eigenvalue weighted by atomic mass is 35.5. The van der Waals surface area contributed by atoms with Gasteiger partial charge in [0.1, 0.15) is 6.04 Å². The molecule has 0 bridgehead atoms. The van der Waals surface area contributed by atoms with E-state index in [-0.39, 0.29) is 5.69 Å². The Balaban J connectivity index is 1.99. The van der Waals surface area contributed by atoms with Crippen molar-refractivity contribution in [3.05, 3.63) is 63.8 Å². The highest BCUT2D eigenvalue weighted by molar-refractivity contribution is 6.35. The number of hydrogen-bond acceptors (Lipinski definition) is 4. The van der Waals surface area contributed by atoms with Crippen LogP contribution in [0.2, 0.25) is 10.0 Å². The third-order valence-electron chi connectivity index (χ3n) is 4.79. The number of rotatable bonds is 5. The Kier molecular flexibility index (Phi) is 6.38. The van der Waals surface area contributed by atoms with Crippen molar-refractivity contribution in [2.24, 2.45) is 5.41 Å². The maximum absolute atomic E-state index is 13.1. The fraction of sp³-hybridized carbons (Fsp3) is 0.318. The van der Waals surface area contributed by atoms with Gasteiger partial charge in [-0.3, -0.25) is 9.48 Å². The van der Waals surface area contributed by atoms with Crippen molar-refractivity contribution in [1.82, 2.24) is 15.1 Å². The van der Waals surface area contributed by atoms with Crippen molar-refractivity contribution >= 4 is 46.0 Å². The van der Waals surface area contributed by atoms with E-state index in [4.69, 9.17) is 27.9 Å². The molecule has 8 heteroatoms. The minimum absolute atomic E-state index is 0.230. The number of benzene rings is 2. The molecule has 0 unspecified atom stereocenters. The van der Waals surface area contributed by atoms with Crippen molar-refractivity contribution in [3.8, 4) is 0 Å². The number of carbonyl (C=O) groups excluding carboxylic acids is 2. The molecule has 3 rings (SSSR count). The maximum atomic E-state index is 13.1. The Hall–Kier alpha value is -2.57. The Bertz CT molecular complexity index is 1100. The fourth-order valence-electron chi connectivity index (χ4n) is 3.17. The summed E-state index contributed by atoms with van der Waals surface area (Å²) in [6, 6.07) is 11.8. The molecule has 3 aromatic rings. The zero-order valence-corrected chi connectivity index (χ0v) is 18.7. The molecule has 0 aliphatic rings. The molecule has 0 aliphatic heterocycles. The van der Waals surface area contributed by atoms with E-state index in [0.717, 1.165) is 11.1 Å². The van der Waals surface area contributed by atoms with Gasteiger partial charge in [0.15, 0.2) is 5.69 Å². The number of nitrogens with one attached hydrogen (secondary N) is 1. The second-order valence-corrected chi connectivity index (χ2v) is 8.90. The molecule has 0 saturated heterocycles. The average Bonchev–Trinajstić information content (AvgIpc) is 3.05. The number of amides is 1. The second-order valence-electron chi connectivity index (χ2n) is 8.05. The predicted molar refractivity (Wildman–Crippen MR) is 118 cm³/mol. The number of fused-ring (bicyclic) bond motifs is 1. The van der Waals surface area contributed by atoms with Crippen molar-refractivity contribution in [1.29, 1.82) is 0 Å². The van der Waals surface area contributed by atoms with Crippen LogP contribution in [0.25, 0.3) is 10.9 Å². The van der Waals surface area contributed by atoms with E-state index in [1.54, 1.807) is 16.8 Å². The van der Waals surface area contributed by atoms with Crippen molar-refractivity contribution in [2.45, 2.75) is 33.4 Å². The first-order valence-electron chi connectivity index (χ1n) is 9.40. The number of aromatic nitrogens is 2. The van der Waals surface area contributed by atoms with Gasteiger partial charge in [0, 0.05) is 15.4 Å². The Morgan fingerprint density at radius 2 is 1.87 bits per heavy atom. The summed E-state index contributed by atoms with van der Waals surface area (Å²) in [6.07, 6.45) is 0. The lowest BCUT2D eigenvalue weighted by molar-refractivity contribution is -0.145. The van der Waals surface area contributed by atoms with E-state index >= 15 is 0 Å². The molecule has 1 heterocycles. The van der Waals surface area contributed by atoms with Crippen LogP contribution in [0.4, 0.5) is 0 Å². The van der Waals surface area contributed by atoms with E-state index in [0.29, 0.717) is 22.0 Å². The standard InChI is InChI=1S/C22H23Cl2N3O3/c1-22(2,3)19(21(29)30-4)25-20(28)18-15-7-5-6-8-17(15)27(26-18)12-13-9-10-14(23)11-16(13)24/h5-11,19H,12H2,1-4H3,(H,25,28)/t19-/m1/s1. The summed E-state index contributed by atoms with van der Waals surface area (Å²) in [5, 5.41) is 9.05. The van der Waals surface area contributed by atoms with E-state index in [1.165, 1.54) is 7.11 Å². The summed E-state index contributed by atoms with van der Waals surface area (Å²) in [5.41, 5.74) is 1.30. The first-order valence-corrected chi connectivity index (χ1v) is 10.2. The monoisotopic (exact) mass is 447 g/mol. The van der Waals surface area contributed by atoms with Crippen molar-refractivity contribution < 1.29 is 14.3 Å². The van der Waals surface area contributed by atoms with Crippen LogP contribution >= 0.6 is 23.2 Å². The first kappa shape index (κ1) is 22.1. The lowest BCUT2D eigenvalue weighted by Gasteiger charge is -2.28. The van der Waals surface area contributed by atoms with E-state index in [1.807, 2.05) is 51.1 Å². The molecule has 0 radical (unpaired) electrons. The van der Waals surface area contributed by atoms with E-state index < -0.39 is 23.3 Å². The number of para-hydroxylation sites is 1. The number of methoxy groups -OCH3 is 1. The molecule has 2 aromatic carbocycles. The molecule has 158 valence electrons.